The summed E-state index contributed by atoms with van der Waals surface area (Å²) in [5.74, 6) is -1.57. The summed E-state index contributed by atoms with van der Waals surface area (Å²) in [6.45, 7) is 2.05. The predicted octanol–water partition coefficient (Wildman–Crippen LogP) is 3.11. The minimum atomic E-state index is -0.977. The lowest BCUT2D eigenvalue weighted by Gasteiger charge is -2.22. The Morgan fingerprint density at radius 3 is 2.41 bits per heavy atom. The number of benzene rings is 2. The highest BCUT2D eigenvalue weighted by molar-refractivity contribution is 6.23. The number of amides is 4. The van der Waals surface area contributed by atoms with E-state index in [0.29, 0.717) is 35.3 Å². The van der Waals surface area contributed by atoms with E-state index in [2.05, 4.69) is 5.32 Å². The second kappa shape index (κ2) is 7.49. The molecule has 0 saturated carbocycles. The first-order valence-corrected chi connectivity index (χ1v) is 10.2. The van der Waals surface area contributed by atoms with Crippen LogP contribution in [0.4, 0.5) is 11.4 Å². The Hall–Kier alpha value is -4.20. The summed E-state index contributed by atoms with van der Waals surface area (Å²) < 4.78 is 5.00. The molecule has 2 aliphatic rings. The van der Waals surface area contributed by atoms with E-state index in [1.54, 1.807) is 47.4 Å². The van der Waals surface area contributed by atoms with Crippen LogP contribution in [0.25, 0.3) is 0 Å². The van der Waals surface area contributed by atoms with Crippen LogP contribution in [-0.4, -0.2) is 41.1 Å². The lowest BCUT2D eigenvalue weighted by Crippen LogP contribution is -2.45. The lowest BCUT2D eigenvalue weighted by molar-refractivity contribution is -0.119. The lowest BCUT2D eigenvalue weighted by atomic mass is 10.1. The second-order valence-corrected chi connectivity index (χ2v) is 7.75. The van der Waals surface area contributed by atoms with Gasteiger partial charge in [-0.1, -0.05) is 12.1 Å². The first kappa shape index (κ1) is 19.7. The van der Waals surface area contributed by atoms with Crippen molar-refractivity contribution in [1.29, 1.82) is 0 Å². The molecule has 0 spiro atoms. The van der Waals surface area contributed by atoms with Crippen LogP contribution < -0.4 is 10.2 Å². The number of hydrogen-bond acceptors (Lipinski definition) is 5. The number of furan rings is 1. The van der Waals surface area contributed by atoms with Crippen LogP contribution >= 0.6 is 0 Å². The van der Waals surface area contributed by atoms with E-state index in [0.717, 1.165) is 16.2 Å². The highest BCUT2D eigenvalue weighted by Crippen LogP contribution is 2.32. The third kappa shape index (κ3) is 3.08. The van der Waals surface area contributed by atoms with Gasteiger partial charge in [-0.15, -0.1) is 0 Å². The molecule has 3 heterocycles. The summed E-state index contributed by atoms with van der Waals surface area (Å²) in [4.78, 5) is 53.4. The Kier molecular flexibility index (Phi) is 4.62. The molecule has 8 nitrogen and oxygen atoms in total. The number of nitrogens with one attached hydrogen (secondary N) is 1. The molecule has 1 aromatic heterocycles. The average molecular weight is 429 g/mol. The Morgan fingerprint density at radius 1 is 1.03 bits per heavy atom. The van der Waals surface area contributed by atoms with Crippen LogP contribution in [0.1, 0.15) is 43.6 Å². The van der Waals surface area contributed by atoms with Crippen molar-refractivity contribution < 1.29 is 23.6 Å². The molecule has 0 aliphatic carbocycles. The van der Waals surface area contributed by atoms with Gasteiger partial charge in [0.2, 0.25) is 5.91 Å². The minimum Gasteiger partial charge on any atom is -0.472 e. The molecule has 8 heteroatoms. The van der Waals surface area contributed by atoms with Crippen LogP contribution in [-0.2, 0) is 11.2 Å². The normalized spacial score (nSPS) is 15.5. The van der Waals surface area contributed by atoms with Crippen molar-refractivity contribution in [1.82, 2.24) is 4.90 Å². The summed E-state index contributed by atoms with van der Waals surface area (Å²) in [5.41, 5.74) is 3.32. The average Bonchev–Trinajstić information content (AvgIpc) is 3.53. The fourth-order valence-corrected chi connectivity index (χ4v) is 4.16. The number of nitrogens with zero attached hydrogens (tertiary/aromatic N) is 2. The molecule has 0 bridgehead atoms. The van der Waals surface area contributed by atoms with Crippen molar-refractivity contribution in [2.75, 3.05) is 16.8 Å². The summed E-state index contributed by atoms with van der Waals surface area (Å²) in [6, 6.07) is 12.5. The zero-order chi connectivity index (χ0) is 22.4. The molecule has 0 saturated heterocycles. The maximum absolute atomic E-state index is 12.8. The summed E-state index contributed by atoms with van der Waals surface area (Å²) in [6.07, 6.45) is 3.52. The largest absolute Gasteiger partial charge is 0.472 e. The first-order valence-electron chi connectivity index (χ1n) is 10.2. The quantitative estimate of drug-likeness (QED) is 0.643. The Balaban J connectivity index is 1.31. The van der Waals surface area contributed by atoms with Crippen molar-refractivity contribution >= 4 is 35.0 Å². The molecule has 160 valence electrons. The van der Waals surface area contributed by atoms with E-state index < -0.39 is 23.8 Å². The molecule has 0 radical (unpaired) electrons. The van der Waals surface area contributed by atoms with E-state index in [9.17, 15) is 19.2 Å². The molecule has 0 fully saturated rings. The van der Waals surface area contributed by atoms with Crippen molar-refractivity contribution in [2.24, 2.45) is 0 Å². The smallest absolute Gasteiger partial charge is 0.262 e. The SMILES string of the molecule is CC(C(=O)Nc1ccc2c(c1)CCN2C(=O)c1ccoc1)N1C(=O)c2ccccc2C1=O. The summed E-state index contributed by atoms with van der Waals surface area (Å²) in [5, 5.41) is 2.78. The van der Waals surface area contributed by atoms with Gasteiger partial charge < -0.3 is 14.6 Å². The monoisotopic (exact) mass is 429 g/mol. The highest BCUT2D eigenvalue weighted by Gasteiger charge is 2.40. The van der Waals surface area contributed by atoms with Gasteiger partial charge in [0.25, 0.3) is 17.7 Å². The molecule has 32 heavy (non-hydrogen) atoms. The number of carbonyl (C=O) groups excluding carboxylic acids is 4. The Morgan fingerprint density at radius 2 is 1.75 bits per heavy atom. The fraction of sp³-hybridized carbons (Fsp3) is 0.167. The van der Waals surface area contributed by atoms with Gasteiger partial charge >= 0.3 is 0 Å². The van der Waals surface area contributed by atoms with Crippen molar-refractivity contribution in [3.63, 3.8) is 0 Å². The summed E-state index contributed by atoms with van der Waals surface area (Å²) >= 11 is 0. The third-order valence-electron chi connectivity index (χ3n) is 5.85. The molecular formula is C24H19N3O5. The molecule has 2 aromatic carbocycles. The van der Waals surface area contributed by atoms with E-state index in [1.165, 1.54) is 19.5 Å². The van der Waals surface area contributed by atoms with Crippen molar-refractivity contribution in [2.45, 2.75) is 19.4 Å². The maximum Gasteiger partial charge on any atom is 0.262 e. The van der Waals surface area contributed by atoms with Gasteiger partial charge in [-0.25, -0.2) is 0 Å². The standard InChI is InChI=1S/C24H19N3O5/c1-14(27-23(30)18-4-2-3-5-19(18)24(27)31)21(28)25-17-6-7-20-15(12-17)8-10-26(20)22(29)16-9-11-32-13-16/h2-7,9,11-14H,8,10H2,1H3,(H,25,28). The number of rotatable bonds is 4. The second-order valence-electron chi connectivity index (χ2n) is 7.75. The van der Waals surface area contributed by atoms with E-state index in [4.69, 9.17) is 4.42 Å². The third-order valence-corrected chi connectivity index (χ3v) is 5.85. The number of carbonyl (C=O) groups is 4. The van der Waals surface area contributed by atoms with Gasteiger partial charge in [-0.05, 0) is 55.3 Å². The zero-order valence-electron chi connectivity index (χ0n) is 17.2. The topological polar surface area (TPSA) is 99.9 Å². The minimum absolute atomic E-state index is 0.145. The Bertz CT molecular complexity index is 1230. The summed E-state index contributed by atoms with van der Waals surface area (Å²) in [7, 11) is 0. The zero-order valence-corrected chi connectivity index (χ0v) is 17.2. The molecule has 2 aliphatic heterocycles. The van der Waals surface area contributed by atoms with Crippen molar-refractivity contribution in [3.05, 3.63) is 83.3 Å². The maximum atomic E-state index is 12.8. The molecule has 3 aromatic rings. The van der Waals surface area contributed by atoms with Crippen LogP contribution in [0.15, 0.2) is 65.5 Å². The van der Waals surface area contributed by atoms with Gasteiger partial charge in [-0.3, -0.25) is 24.1 Å². The number of anilines is 2. The van der Waals surface area contributed by atoms with Gasteiger partial charge in [0.05, 0.1) is 23.0 Å². The predicted molar refractivity (Wildman–Crippen MR) is 116 cm³/mol. The Labute approximate surface area is 183 Å². The molecule has 1 atom stereocenters. The fourth-order valence-electron chi connectivity index (χ4n) is 4.16. The van der Waals surface area contributed by atoms with E-state index >= 15 is 0 Å². The van der Waals surface area contributed by atoms with Crippen molar-refractivity contribution in [3.8, 4) is 0 Å². The van der Waals surface area contributed by atoms with Gasteiger partial charge in [0.15, 0.2) is 0 Å². The molecule has 4 amide bonds. The van der Waals surface area contributed by atoms with Crippen LogP contribution in [0, 0.1) is 0 Å². The number of imide groups is 1. The van der Waals surface area contributed by atoms with Crippen LogP contribution in [0.2, 0.25) is 0 Å². The molecule has 5 rings (SSSR count). The van der Waals surface area contributed by atoms with Gasteiger partial charge in [0, 0.05) is 17.9 Å². The van der Waals surface area contributed by atoms with E-state index in [1.807, 2.05) is 6.07 Å². The van der Waals surface area contributed by atoms with Crippen LogP contribution in [0.5, 0.6) is 0 Å². The molecule has 1 unspecified atom stereocenters. The molecular weight excluding hydrogens is 410 g/mol. The number of hydrogen-bond donors (Lipinski definition) is 1. The number of fused-ring (bicyclic) bond motifs is 2. The van der Waals surface area contributed by atoms with Crippen LogP contribution in [0.3, 0.4) is 0 Å². The molecule has 1 N–H and O–H groups in total. The van der Waals surface area contributed by atoms with E-state index in [-0.39, 0.29) is 5.91 Å². The van der Waals surface area contributed by atoms with Gasteiger partial charge in [-0.2, -0.15) is 0 Å². The van der Waals surface area contributed by atoms with Gasteiger partial charge in [0.1, 0.15) is 12.3 Å². The highest BCUT2D eigenvalue weighted by atomic mass is 16.3. The first-order chi connectivity index (χ1) is 15.5.